The molecule has 0 unspecified atom stereocenters. The Labute approximate surface area is 101 Å². The van der Waals surface area contributed by atoms with Gasteiger partial charge in [0, 0.05) is 5.69 Å². The zero-order valence-electron chi connectivity index (χ0n) is 9.24. The van der Waals surface area contributed by atoms with E-state index in [1.807, 2.05) is 0 Å². The van der Waals surface area contributed by atoms with Gasteiger partial charge in [-0.15, -0.1) is 13.2 Å². The van der Waals surface area contributed by atoms with Gasteiger partial charge in [0.1, 0.15) is 5.75 Å². The summed E-state index contributed by atoms with van der Waals surface area (Å²) in [5, 5.41) is 11.2. The number of halogens is 3. The fourth-order valence-corrected chi connectivity index (χ4v) is 1.10. The Morgan fingerprint density at radius 1 is 1.33 bits per heavy atom. The largest absolute Gasteiger partial charge is 0.573 e. The average molecular weight is 263 g/mol. The van der Waals surface area contributed by atoms with Crippen LogP contribution in [0.5, 0.6) is 5.75 Å². The highest BCUT2D eigenvalue weighted by Gasteiger charge is 2.30. The zero-order valence-corrected chi connectivity index (χ0v) is 9.24. The van der Waals surface area contributed by atoms with Gasteiger partial charge in [0.15, 0.2) is 5.96 Å². The third-order valence-electron chi connectivity index (χ3n) is 1.74. The van der Waals surface area contributed by atoms with Crippen molar-refractivity contribution in [3.05, 3.63) is 24.3 Å². The smallest absolute Gasteiger partial charge is 0.406 e. The van der Waals surface area contributed by atoms with E-state index in [2.05, 4.69) is 15.0 Å². The molecule has 0 aliphatic heterocycles. The van der Waals surface area contributed by atoms with Crippen LogP contribution in [0, 0.1) is 0 Å². The van der Waals surface area contributed by atoms with Gasteiger partial charge in [0.05, 0.1) is 13.2 Å². The molecule has 5 nitrogen and oxygen atoms in total. The molecule has 18 heavy (non-hydrogen) atoms. The van der Waals surface area contributed by atoms with Crippen molar-refractivity contribution in [3.8, 4) is 5.75 Å². The second kappa shape index (κ2) is 6.10. The van der Waals surface area contributed by atoms with Crippen LogP contribution < -0.4 is 15.8 Å². The number of alkyl halides is 3. The van der Waals surface area contributed by atoms with Crippen molar-refractivity contribution in [3.63, 3.8) is 0 Å². The Balaban J connectivity index is 2.60. The van der Waals surface area contributed by atoms with E-state index in [0.29, 0.717) is 5.69 Å². The van der Waals surface area contributed by atoms with E-state index >= 15 is 0 Å². The molecule has 0 spiro atoms. The van der Waals surface area contributed by atoms with Gasteiger partial charge in [-0.1, -0.05) is 0 Å². The third-order valence-corrected chi connectivity index (χ3v) is 1.74. The van der Waals surface area contributed by atoms with E-state index in [9.17, 15) is 13.2 Å². The number of nitrogens with two attached hydrogens (primary N) is 1. The van der Waals surface area contributed by atoms with Gasteiger partial charge in [-0.3, -0.25) is 4.99 Å². The molecule has 0 saturated carbocycles. The molecule has 0 atom stereocenters. The minimum atomic E-state index is -4.71. The predicted molar refractivity (Wildman–Crippen MR) is 60.3 cm³/mol. The van der Waals surface area contributed by atoms with E-state index in [1.54, 1.807) is 0 Å². The quantitative estimate of drug-likeness (QED) is 0.565. The van der Waals surface area contributed by atoms with Crippen LogP contribution >= 0.6 is 0 Å². The second-order valence-corrected chi connectivity index (χ2v) is 3.19. The zero-order chi connectivity index (χ0) is 13.6. The molecule has 0 radical (unpaired) electrons. The molecule has 0 aromatic heterocycles. The molecule has 4 N–H and O–H groups in total. The van der Waals surface area contributed by atoms with Gasteiger partial charge in [-0.25, -0.2) is 0 Å². The molecule has 0 saturated heterocycles. The number of nitrogens with zero attached hydrogens (tertiary/aromatic N) is 1. The van der Waals surface area contributed by atoms with E-state index in [1.165, 1.54) is 12.1 Å². The monoisotopic (exact) mass is 263 g/mol. The SMILES string of the molecule is NC(=NCCO)Nc1ccc(OC(F)(F)F)cc1. The van der Waals surface area contributed by atoms with E-state index < -0.39 is 6.36 Å². The summed E-state index contributed by atoms with van der Waals surface area (Å²) in [6, 6.07) is 5.02. The van der Waals surface area contributed by atoms with Gasteiger partial charge in [0.2, 0.25) is 0 Å². The molecule has 0 fully saturated rings. The van der Waals surface area contributed by atoms with E-state index in [4.69, 9.17) is 10.8 Å². The van der Waals surface area contributed by atoms with E-state index in [0.717, 1.165) is 12.1 Å². The molecule has 8 heteroatoms. The van der Waals surface area contributed by atoms with Crippen LogP contribution in [0.15, 0.2) is 29.3 Å². The lowest BCUT2D eigenvalue weighted by Crippen LogP contribution is -2.23. The van der Waals surface area contributed by atoms with Crippen molar-refractivity contribution in [2.24, 2.45) is 10.7 Å². The number of anilines is 1. The van der Waals surface area contributed by atoms with Crippen molar-refractivity contribution < 1.29 is 23.0 Å². The molecule has 0 heterocycles. The van der Waals surface area contributed by atoms with Crippen LogP contribution in [0.4, 0.5) is 18.9 Å². The summed E-state index contributed by atoms with van der Waals surface area (Å²) in [4.78, 5) is 3.74. The highest BCUT2D eigenvalue weighted by molar-refractivity contribution is 5.92. The summed E-state index contributed by atoms with van der Waals surface area (Å²) in [5.74, 6) is -0.257. The number of guanidine groups is 1. The second-order valence-electron chi connectivity index (χ2n) is 3.19. The summed E-state index contributed by atoms with van der Waals surface area (Å²) in [7, 11) is 0. The summed E-state index contributed by atoms with van der Waals surface area (Å²) in [5.41, 5.74) is 5.91. The van der Waals surface area contributed by atoms with Gasteiger partial charge in [0.25, 0.3) is 0 Å². The normalized spacial score (nSPS) is 12.3. The first-order valence-corrected chi connectivity index (χ1v) is 4.94. The topological polar surface area (TPSA) is 79.9 Å². The molecule has 0 aliphatic rings. The Bertz CT molecular complexity index is 404. The molecule has 1 aromatic rings. The number of hydrogen-bond acceptors (Lipinski definition) is 3. The fourth-order valence-electron chi connectivity index (χ4n) is 1.10. The van der Waals surface area contributed by atoms with Crippen LogP contribution in [0.1, 0.15) is 0 Å². The Kier molecular flexibility index (Phi) is 4.78. The number of benzene rings is 1. The van der Waals surface area contributed by atoms with Crippen LogP contribution in [0.3, 0.4) is 0 Å². The Morgan fingerprint density at radius 2 is 1.94 bits per heavy atom. The van der Waals surface area contributed by atoms with Crippen molar-refractivity contribution in [2.75, 3.05) is 18.5 Å². The number of aliphatic hydroxyl groups excluding tert-OH is 1. The van der Waals surface area contributed by atoms with Crippen LogP contribution in [-0.2, 0) is 0 Å². The Hall–Kier alpha value is -1.96. The maximum absolute atomic E-state index is 11.9. The predicted octanol–water partition coefficient (Wildman–Crippen LogP) is 1.30. The highest BCUT2D eigenvalue weighted by atomic mass is 19.4. The first-order chi connectivity index (χ1) is 8.40. The molecule has 0 amide bonds. The van der Waals surface area contributed by atoms with Crippen molar-refractivity contribution in [2.45, 2.75) is 6.36 Å². The third kappa shape index (κ3) is 5.39. The summed E-state index contributed by atoms with van der Waals surface area (Å²) < 4.78 is 39.4. The summed E-state index contributed by atoms with van der Waals surface area (Å²) in [6.07, 6.45) is -4.71. The summed E-state index contributed by atoms with van der Waals surface area (Å²) >= 11 is 0. The van der Waals surface area contributed by atoms with Gasteiger partial charge >= 0.3 is 6.36 Å². The fraction of sp³-hybridized carbons (Fsp3) is 0.300. The van der Waals surface area contributed by atoms with Gasteiger partial charge < -0.3 is 20.9 Å². The molecule has 1 rings (SSSR count). The number of nitrogens with one attached hydrogen (secondary N) is 1. The number of rotatable bonds is 4. The molecular formula is C10H12F3N3O2. The lowest BCUT2D eigenvalue weighted by Gasteiger charge is -2.10. The summed E-state index contributed by atoms with van der Waals surface area (Å²) in [6.45, 7) is 0.00877. The van der Waals surface area contributed by atoms with Crippen molar-refractivity contribution in [1.29, 1.82) is 0 Å². The molecule has 0 aliphatic carbocycles. The maximum atomic E-state index is 11.9. The van der Waals surface area contributed by atoms with Crippen LogP contribution in [-0.4, -0.2) is 30.6 Å². The standard InChI is InChI=1S/C10H12F3N3O2/c11-10(12,13)18-8-3-1-7(2-4-8)16-9(14)15-5-6-17/h1-4,17H,5-6H2,(H3,14,15,16). The first-order valence-electron chi connectivity index (χ1n) is 4.94. The number of aliphatic hydroxyl groups is 1. The number of ether oxygens (including phenoxy) is 1. The van der Waals surface area contributed by atoms with Gasteiger partial charge in [-0.2, -0.15) is 0 Å². The lowest BCUT2D eigenvalue weighted by atomic mass is 10.3. The van der Waals surface area contributed by atoms with Gasteiger partial charge in [-0.05, 0) is 24.3 Å². The van der Waals surface area contributed by atoms with Crippen molar-refractivity contribution >= 4 is 11.6 Å². The number of aliphatic imine (C=N–C) groups is 1. The Morgan fingerprint density at radius 3 is 2.44 bits per heavy atom. The molecule has 100 valence electrons. The van der Waals surface area contributed by atoms with Crippen LogP contribution in [0.25, 0.3) is 0 Å². The maximum Gasteiger partial charge on any atom is 0.573 e. The first kappa shape index (κ1) is 14.1. The molecule has 0 bridgehead atoms. The minimum absolute atomic E-state index is 0.0635. The van der Waals surface area contributed by atoms with E-state index in [-0.39, 0.29) is 24.9 Å². The lowest BCUT2D eigenvalue weighted by molar-refractivity contribution is -0.274. The average Bonchev–Trinajstić information content (AvgIpc) is 2.27. The molecular weight excluding hydrogens is 251 g/mol. The highest BCUT2D eigenvalue weighted by Crippen LogP contribution is 2.23. The van der Waals surface area contributed by atoms with Crippen molar-refractivity contribution in [1.82, 2.24) is 0 Å². The minimum Gasteiger partial charge on any atom is -0.406 e. The molecule has 1 aromatic carbocycles. The number of hydrogen-bond donors (Lipinski definition) is 3. The van der Waals surface area contributed by atoms with Crippen LogP contribution in [0.2, 0.25) is 0 Å².